The molecule has 4 rings (SSSR count). The molecule has 2 atom stereocenters. The number of benzene rings is 3. The van der Waals surface area contributed by atoms with Crippen molar-refractivity contribution in [2.75, 3.05) is 5.32 Å². The van der Waals surface area contributed by atoms with Crippen molar-refractivity contribution in [2.24, 2.45) is 0 Å². The second-order valence-electron chi connectivity index (χ2n) is 11.4. The molecule has 0 aliphatic carbocycles. The standard InChI is InChI=1S/C35H36F2N2O7/c1-20(2)39-29(16-15-27(40)18-28(41)19-31(44)45)32(22-5-9-24(36)10-6-22)33(23-7-11-25(37)12-8-23)34(39)35(46)38-26-13-3-21(4-14-26)17-30(42)43/h3-14,20,27-28,40-41H,15-19H2,1-2H3,(H,38,46)(H,42,43)(H,44,45)/t27-,28-/m1/s1. The number of hydrogen-bond acceptors (Lipinski definition) is 5. The Kier molecular flexibility index (Phi) is 11.0. The number of aromatic nitrogens is 1. The third-order valence-corrected chi connectivity index (χ3v) is 7.54. The molecule has 0 saturated heterocycles. The van der Waals surface area contributed by atoms with Gasteiger partial charge in [-0.05, 0) is 86.2 Å². The third kappa shape index (κ3) is 8.43. The Balaban J connectivity index is 1.88. The first-order valence-corrected chi connectivity index (χ1v) is 14.8. The minimum Gasteiger partial charge on any atom is -0.481 e. The number of aliphatic hydroxyl groups is 2. The van der Waals surface area contributed by atoms with E-state index in [1.54, 1.807) is 48.5 Å². The highest BCUT2D eigenvalue weighted by Gasteiger charge is 2.31. The quantitative estimate of drug-likeness (QED) is 0.113. The van der Waals surface area contributed by atoms with Crippen LogP contribution in [0.1, 0.15) is 60.9 Å². The van der Waals surface area contributed by atoms with Crippen molar-refractivity contribution < 1.29 is 43.6 Å². The van der Waals surface area contributed by atoms with Crippen LogP contribution < -0.4 is 5.32 Å². The number of carbonyl (C=O) groups excluding carboxylic acids is 1. The van der Waals surface area contributed by atoms with Gasteiger partial charge >= 0.3 is 11.9 Å². The van der Waals surface area contributed by atoms with E-state index in [2.05, 4.69) is 5.32 Å². The average molecular weight is 635 g/mol. The molecule has 0 aliphatic heterocycles. The summed E-state index contributed by atoms with van der Waals surface area (Å²) in [4.78, 5) is 36.3. The maximum Gasteiger partial charge on any atom is 0.307 e. The number of rotatable bonds is 14. The Hall–Kier alpha value is -4.87. The molecule has 9 nitrogen and oxygen atoms in total. The lowest BCUT2D eigenvalue weighted by molar-refractivity contribution is -0.139. The molecule has 5 N–H and O–H groups in total. The van der Waals surface area contributed by atoms with Crippen LogP contribution >= 0.6 is 0 Å². The van der Waals surface area contributed by atoms with Gasteiger partial charge in [0.15, 0.2) is 0 Å². The largest absolute Gasteiger partial charge is 0.481 e. The van der Waals surface area contributed by atoms with Gasteiger partial charge in [-0.25, -0.2) is 8.78 Å². The molecule has 0 bridgehead atoms. The highest BCUT2D eigenvalue weighted by molar-refractivity contribution is 6.11. The number of hydrogen-bond donors (Lipinski definition) is 5. The molecule has 3 aromatic carbocycles. The summed E-state index contributed by atoms with van der Waals surface area (Å²) in [5, 5.41) is 41.8. The van der Waals surface area contributed by atoms with E-state index in [4.69, 9.17) is 10.2 Å². The Morgan fingerprint density at radius 1 is 0.761 bits per heavy atom. The minimum absolute atomic E-state index is 0.108. The van der Waals surface area contributed by atoms with E-state index >= 15 is 0 Å². The van der Waals surface area contributed by atoms with E-state index in [9.17, 15) is 33.4 Å². The van der Waals surface area contributed by atoms with Crippen LogP contribution in [-0.2, 0) is 22.4 Å². The number of carbonyl (C=O) groups is 3. The fraction of sp³-hybridized carbons (Fsp3) is 0.286. The van der Waals surface area contributed by atoms with Crippen molar-refractivity contribution in [3.8, 4) is 22.3 Å². The summed E-state index contributed by atoms with van der Waals surface area (Å²) in [5.41, 5.74) is 3.92. The highest BCUT2D eigenvalue weighted by atomic mass is 19.1. The first kappa shape index (κ1) is 34.0. The molecule has 0 unspecified atom stereocenters. The van der Waals surface area contributed by atoms with Gasteiger partial charge in [-0.1, -0.05) is 36.4 Å². The number of aliphatic carboxylic acids is 2. The molecule has 0 fully saturated rings. The van der Waals surface area contributed by atoms with Crippen molar-refractivity contribution in [3.05, 3.63) is 101 Å². The number of halogens is 2. The van der Waals surface area contributed by atoms with Gasteiger partial charge in [0.05, 0.1) is 25.0 Å². The molecular weight excluding hydrogens is 598 g/mol. The number of anilines is 1. The number of carboxylic acids is 2. The zero-order valence-corrected chi connectivity index (χ0v) is 25.4. The molecular formula is C35H36F2N2O7. The first-order valence-electron chi connectivity index (χ1n) is 14.8. The van der Waals surface area contributed by atoms with Crippen molar-refractivity contribution in [2.45, 2.75) is 64.2 Å². The lowest BCUT2D eigenvalue weighted by Crippen LogP contribution is -2.22. The second-order valence-corrected chi connectivity index (χ2v) is 11.4. The number of nitrogens with one attached hydrogen (secondary N) is 1. The topological polar surface area (TPSA) is 149 Å². The van der Waals surface area contributed by atoms with Gasteiger partial charge in [0.25, 0.3) is 5.91 Å². The lowest BCUT2D eigenvalue weighted by atomic mass is 9.92. The second kappa shape index (κ2) is 14.9. The molecule has 46 heavy (non-hydrogen) atoms. The van der Waals surface area contributed by atoms with Crippen LogP contribution in [0.5, 0.6) is 0 Å². The summed E-state index contributed by atoms with van der Waals surface area (Å²) in [6.07, 6.45) is -2.88. The number of carboxylic acid groups (broad SMARTS) is 2. The van der Waals surface area contributed by atoms with E-state index in [0.29, 0.717) is 39.2 Å². The van der Waals surface area contributed by atoms with Crippen LogP contribution in [0, 0.1) is 11.6 Å². The zero-order valence-electron chi connectivity index (χ0n) is 25.4. The monoisotopic (exact) mass is 634 g/mol. The predicted molar refractivity (Wildman–Crippen MR) is 169 cm³/mol. The molecule has 1 aromatic heterocycles. The Morgan fingerprint density at radius 3 is 1.80 bits per heavy atom. The van der Waals surface area contributed by atoms with Crippen LogP contribution in [0.3, 0.4) is 0 Å². The molecule has 0 spiro atoms. The van der Waals surface area contributed by atoms with Gasteiger partial charge in [-0.2, -0.15) is 0 Å². The van der Waals surface area contributed by atoms with Crippen LogP contribution in [0.15, 0.2) is 72.8 Å². The summed E-state index contributed by atoms with van der Waals surface area (Å²) >= 11 is 0. The first-order chi connectivity index (χ1) is 21.8. The lowest BCUT2D eigenvalue weighted by Gasteiger charge is -2.20. The summed E-state index contributed by atoms with van der Waals surface area (Å²) in [5.74, 6) is -3.64. The smallest absolute Gasteiger partial charge is 0.307 e. The normalized spacial score (nSPS) is 12.6. The summed E-state index contributed by atoms with van der Waals surface area (Å²) in [7, 11) is 0. The number of amides is 1. The molecule has 4 aromatic rings. The van der Waals surface area contributed by atoms with E-state index in [-0.39, 0.29) is 37.4 Å². The van der Waals surface area contributed by atoms with Crippen molar-refractivity contribution >= 4 is 23.5 Å². The predicted octanol–water partition coefficient (Wildman–Crippen LogP) is 6.08. The molecule has 242 valence electrons. The SMILES string of the molecule is CC(C)n1c(CC[C@@H](O)C[C@@H](O)CC(=O)O)c(-c2ccc(F)cc2)c(-c2ccc(F)cc2)c1C(=O)Nc1ccc(CC(=O)O)cc1. The van der Waals surface area contributed by atoms with Gasteiger partial charge in [0.1, 0.15) is 17.3 Å². The Bertz CT molecular complexity index is 1680. The van der Waals surface area contributed by atoms with Crippen LogP contribution in [0.4, 0.5) is 14.5 Å². The fourth-order valence-corrected chi connectivity index (χ4v) is 5.59. The third-order valence-electron chi connectivity index (χ3n) is 7.54. The van der Waals surface area contributed by atoms with Gasteiger partial charge in [-0.3, -0.25) is 14.4 Å². The zero-order chi connectivity index (χ0) is 33.5. The van der Waals surface area contributed by atoms with Gasteiger partial charge in [0.2, 0.25) is 0 Å². The maximum atomic E-state index is 14.2. The number of nitrogens with zero attached hydrogens (tertiary/aromatic N) is 1. The van der Waals surface area contributed by atoms with E-state index in [1.165, 1.54) is 24.3 Å². The Morgan fingerprint density at radius 2 is 1.30 bits per heavy atom. The number of aliphatic hydroxyl groups excluding tert-OH is 2. The van der Waals surface area contributed by atoms with Gasteiger partial charge in [-0.15, -0.1) is 0 Å². The van der Waals surface area contributed by atoms with E-state index < -0.39 is 48.1 Å². The molecule has 0 aliphatic rings. The molecule has 1 amide bonds. The Labute approximate surface area is 264 Å². The van der Waals surface area contributed by atoms with Crippen LogP contribution in [0.25, 0.3) is 22.3 Å². The molecule has 0 saturated carbocycles. The van der Waals surface area contributed by atoms with Crippen molar-refractivity contribution in [1.82, 2.24) is 4.57 Å². The fourth-order valence-electron chi connectivity index (χ4n) is 5.59. The molecule has 1 heterocycles. The minimum atomic E-state index is -1.25. The summed E-state index contributed by atoms with van der Waals surface area (Å²) in [6, 6.07) is 17.4. The highest BCUT2D eigenvalue weighted by Crippen LogP contribution is 2.43. The van der Waals surface area contributed by atoms with E-state index in [1.807, 2.05) is 18.4 Å². The van der Waals surface area contributed by atoms with Gasteiger partial charge in [0, 0.05) is 28.6 Å². The van der Waals surface area contributed by atoms with E-state index in [0.717, 1.165) is 0 Å². The summed E-state index contributed by atoms with van der Waals surface area (Å²) < 4.78 is 30.0. The van der Waals surface area contributed by atoms with Crippen molar-refractivity contribution in [1.29, 1.82) is 0 Å². The maximum absolute atomic E-state index is 14.2. The average Bonchev–Trinajstić information content (AvgIpc) is 3.32. The molecule has 11 heteroatoms. The van der Waals surface area contributed by atoms with Crippen LogP contribution in [0.2, 0.25) is 0 Å². The summed E-state index contributed by atoms with van der Waals surface area (Å²) in [6.45, 7) is 3.74. The van der Waals surface area contributed by atoms with Crippen molar-refractivity contribution in [3.63, 3.8) is 0 Å². The van der Waals surface area contributed by atoms with Crippen LogP contribution in [-0.4, -0.2) is 55.0 Å². The molecule has 0 radical (unpaired) electrons. The van der Waals surface area contributed by atoms with Gasteiger partial charge < -0.3 is 30.3 Å².